The lowest BCUT2D eigenvalue weighted by molar-refractivity contribution is -0.161. The minimum absolute atomic E-state index is 0.182. The molecule has 1 saturated carbocycles. The highest BCUT2D eigenvalue weighted by Crippen LogP contribution is 2.22. The van der Waals surface area contributed by atoms with Crippen LogP contribution in [0.25, 0.3) is 0 Å². The standard InChI is InChI=1S/C14H26O3/c1-3-9-13(14(15)16-4-2)17-12-10-7-5-6-8-11-12/h12-13H,3-11H2,1-2H3. The van der Waals surface area contributed by atoms with Gasteiger partial charge in [-0.05, 0) is 26.2 Å². The smallest absolute Gasteiger partial charge is 0.335 e. The SMILES string of the molecule is CCCC(OC1CCCCCC1)C(=O)OCC. The summed E-state index contributed by atoms with van der Waals surface area (Å²) in [7, 11) is 0. The lowest BCUT2D eigenvalue weighted by Gasteiger charge is -2.22. The monoisotopic (exact) mass is 242 g/mol. The van der Waals surface area contributed by atoms with Crippen LogP contribution in [0.4, 0.5) is 0 Å². The fraction of sp³-hybridized carbons (Fsp3) is 0.929. The second-order valence-electron chi connectivity index (χ2n) is 4.78. The molecule has 0 radical (unpaired) electrons. The maximum absolute atomic E-state index is 11.7. The lowest BCUT2D eigenvalue weighted by atomic mass is 10.1. The molecule has 0 aromatic rings. The van der Waals surface area contributed by atoms with Gasteiger partial charge in [-0.1, -0.05) is 39.0 Å². The van der Waals surface area contributed by atoms with Crippen LogP contribution in [0.15, 0.2) is 0 Å². The second kappa shape index (κ2) is 8.51. The van der Waals surface area contributed by atoms with Crippen molar-refractivity contribution in [2.75, 3.05) is 6.61 Å². The predicted octanol–water partition coefficient (Wildman–Crippen LogP) is 3.46. The van der Waals surface area contributed by atoms with Crippen molar-refractivity contribution in [3.63, 3.8) is 0 Å². The molecule has 0 heterocycles. The molecule has 1 rings (SSSR count). The zero-order valence-corrected chi connectivity index (χ0v) is 11.2. The molecule has 1 fully saturated rings. The van der Waals surface area contributed by atoms with E-state index in [9.17, 15) is 4.79 Å². The predicted molar refractivity (Wildman–Crippen MR) is 67.9 cm³/mol. The average Bonchev–Trinajstić information content (AvgIpc) is 2.57. The van der Waals surface area contributed by atoms with E-state index in [0.29, 0.717) is 6.61 Å². The van der Waals surface area contributed by atoms with Crippen molar-refractivity contribution < 1.29 is 14.3 Å². The van der Waals surface area contributed by atoms with Crippen LogP contribution in [0.1, 0.15) is 65.2 Å². The van der Waals surface area contributed by atoms with E-state index in [1.54, 1.807) is 0 Å². The van der Waals surface area contributed by atoms with Crippen LogP contribution < -0.4 is 0 Å². The quantitative estimate of drug-likeness (QED) is 0.528. The number of hydrogen-bond donors (Lipinski definition) is 0. The summed E-state index contributed by atoms with van der Waals surface area (Å²) < 4.78 is 11.0. The van der Waals surface area contributed by atoms with E-state index in [4.69, 9.17) is 9.47 Å². The molecule has 0 saturated heterocycles. The maximum atomic E-state index is 11.7. The van der Waals surface area contributed by atoms with Crippen molar-refractivity contribution in [2.45, 2.75) is 77.4 Å². The van der Waals surface area contributed by atoms with Gasteiger partial charge in [-0.2, -0.15) is 0 Å². The van der Waals surface area contributed by atoms with Gasteiger partial charge in [0.15, 0.2) is 6.10 Å². The Balaban J connectivity index is 2.43. The Morgan fingerprint density at radius 2 is 1.82 bits per heavy atom. The Labute approximate surface area is 105 Å². The normalized spacial score (nSPS) is 19.6. The summed E-state index contributed by atoms with van der Waals surface area (Å²) in [6, 6.07) is 0. The Hall–Kier alpha value is -0.570. The first-order chi connectivity index (χ1) is 8.27. The third kappa shape index (κ3) is 5.53. The topological polar surface area (TPSA) is 35.5 Å². The molecule has 0 aliphatic heterocycles. The molecule has 3 heteroatoms. The molecule has 1 atom stereocenters. The molecule has 3 nitrogen and oxygen atoms in total. The minimum atomic E-state index is -0.344. The van der Waals surface area contributed by atoms with Crippen molar-refractivity contribution in [1.82, 2.24) is 0 Å². The van der Waals surface area contributed by atoms with Gasteiger partial charge in [-0.3, -0.25) is 0 Å². The van der Waals surface area contributed by atoms with Crippen molar-refractivity contribution in [2.24, 2.45) is 0 Å². The number of carbonyl (C=O) groups excluding carboxylic acids is 1. The Morgan fingerprint density at radius 3 is 2.35 bits per heavy atom. The molecule has 1 aliphatic rings. The number of esters is 1. The molecule has 0 bridgehead atoms. The first-order valence-electron chi connectivity index (χ1n) is 7.10. The first kappa shape index (κ1) is 14.5. The molecular weight excluding hydrogens is 216 g/mol. The van der Waals surface area contributed by atoms with E-state index in [2.05, 4.69) is 6.92 Å². The minimum Gasteiger partial charge on any atom is -0.464 e. The number of hydrogen-bond acceptors (Lipinski definition) is 3. The third-order valence-corrected chi connectivity index (χ3v) is 3.26. The summed E-state index contributed by atoms with van der Waals surface area (Å²) in [6.07, 6.45) is 8.90. The van der Waals surface area contributed by atoms with E-state index in [-0.39, 0.29) is 18.2 Å². The summed E-state index contributed by atoms with van der Waals surface area (Å²) in [5, 5.41) is 0. The molecule has 17 heavy (non-hydrogen) atoms. The zero-order valence-electron chi connectivity index (χ0n) is 11.2. The number of carbonyl (C=O) groups is 1. The Morgan fingerprint density at radius 1 is 1.18 bits per heavy atom. The van der Waals surface area contributed by atoms with Gasteiger partial charge in [0.2, 0.25) is 0 Å². The highest BCUT2D eigenvalue weighted by Gasteiger charge is 2.24. The largest absolute Gasteiger partial charge is 0.464 e. The van der Waals surface area contributed by atoms with Gasteiger partial charge in [0.25, 0.3) is 0 Å². The van der Waals surface area contributed by atoms with Gasteiger partial charge in [0.1, 0.15) is 0 Å². The van der Waals surface area contributed by atoms with E-state index in [0.717, 1.165) is 25.7 Å². The van der Waals surface area contributed by atoms with Gasteiger partial charge in [0, 0.05) is 0 Å². The molecule has 1 aliphatic carbocycles. The second-order valence-corrected chi connectivity index (χ2v) is 4.78. The Kier molecular flexibility index (Phi) is 7.25. The van der Waals surface area contributed by atoms with Gasteiger partial charge < -0.3 is 9.47 Å². The van der Waals surface area contributed by atoms with Crippen LogP contribution in [-0.4, -0.2) is 24.8 Å². The molecule has 1 unspecified atom stereocenters. The molecule has 100 valence electrons. The Bertz CT molecular complexity index is 208. The van der Waals surface area contributed by atoms with Crippen molar-refractivity contribution in [1.29, 1.82) is 0 Å². The maximum Gasteiger partial charge on any atom is 0.335 e. The number of rotatable bonds is 6. The van der Waals surface area contributed by atoms with Crippen LogP contribution >= 0.6 is 0 Å². The summed E-state index contributed by atoms with van der Waals surface area (Å²) in [5.74, 6) is -0.182. The van der Waals surface area contributed by atoms with Crippen LogP contribution in [-0.2, 0) is 14.3 Å². The summed E-state index contributed by atoms with van der Waals surface area (Å²) in [6.45, 7) is 4.35. The van der Waals surface area contributed by atoms with Crippen LogP contribution in [0.3, 0.4) is 0 Å². The van der Waals surface area contributed by atoms with E-state index in [1.165, 1.54) is 25.7 Å². The summed E-state index contributed by atoms with van der Waals surface area (Å²) >= 11 is 0. The fourth-order valence-electron chi connectivity index (χ4n) is 2.35. The van der Waals surface area contributed by atoms with Crippen LogP contribution in [0.5, 0.6) is 0 Å². The van der Waals surface area contributed by atoms with E-state index >= 15 is 0 Å². The lowest BCUT2D eigenvalue weighted by Crippen LogP contribution is -2.31. The van der Waals surface area contributed by atoms with Gasteiger partial charge >= 0.3 is 5.97 Å². The molecular formula is C14H26O3. The highest BCUT2D eigenvalue weighted by atomic mass is 16.6. The summed E-state index contributed by atoms with van der Waals surface area (Å²) in [4.78, 5) is 11.7. The highest BCUT2D eigenvalue weighted by molar-refractivity contribution is 5.74. The molecule has 0 aromatic heterocycles. The summed E-state index contributed by atoms with van der Waals surface area (Å²) in [5.41, 5.74) is 0. The van der Waals surface area contributed by atoms with Gasteiger partial charge in [-0.15, -0.1) is 0 Å². The molecule has 0 aromatic carbocycles. The molecule has 0 N–H and O–H groups in total. The first-order valence-corrected chi connectivity index (χ1v) is 7.10. The zero-order chi connectivity index (χ0) is 12.5. The van der Waals surface area contributed by atoms with Crippen LogP contribution in [0, 0.1) is 0 Å². The van der Waals surface area contributed by atoms with E-state index < -0.39 is 0 Å². The average molecular weight is 242 g/mol. The van der Waals surface area contributed by atoms with Crippen molar-refractivity contribution in [3.8, 4) is 0 Å². The molecule has 0 spiro atoms. The van der Waals surface area contributed by atoms with Gasteiger partial charge in [0.05, 0.1) is 12.7 Å². The van der Waals surface area contributed by atoms with Gasteiger partial charge in [-0.25, -0.2) is 4.79 Å². The number of ether oxygens (including phenoxy) is 2. The van der Waals surface area contributed by atoms with Crippen LogP contribution in [0.2, 0.25) is 0 Å². The van der Waals surface area contributed by atoms with E-state index in [1.807, 2.05) is 6.92 Å². The van der Waals surface area contributed by atoms with Crippen molar-refractivity contribution in [3.05, 3.63) is 0 Å². The third-order valence-electron chi connectivity index (χ3n) is 3.26. The fourth-order valence-corrected chi connectivity index (χ4v) is 2.35. The molecule has 0 amide bonds. The van der Waals surface area contributed by atoms with Crippen molar-refractivity contribution >= 4 is 5.97 Å².